The van der Waals surface area contributed by atoms with E-state index in [4.69, 9.17) is 9.84 Å². The summed E-state index contributed by atoms with van der Waals surface area (Å²) in [4.78, 5) is 26.9. The van der Waals surface area contributed by atoms with Gasteiger partial charge in [-0.2, -0.15) is 0 Å². The second kappa shape index (κ2) is 8.76. The van der Waals surface area contributed by atoms with Crippen LogP contribution in [0.5, 0.6) is 0 Å². The molecule has 0 atom stereocenters. The van der Waals surface area contributed by atoms with Gasteiger partial charge in [0.25, 0.3) is 5.91 Å². The number of carbonyl (C=O) groups excluding carboxylic acids is 2. The Hall–Kier alpha value is -2.70. The van der Waals surface area contributed by atoms with Crippen LogP contribution in [0, 0.1) is 5.82 Å². The van der Waals surface area contributed by atoms with Crippen LogP contribution >= 0.6 is 0 Å². The first-order chi connectivity index (χ1) is 13.6. The van der Waals surface area contributed by atoms with Crippen LogP contribution in [0.1, 0.15) is 0 Å². The first-order valence-electron chi connectivity index (χ1n) is 8.50. The number of hydrogen-bond acceptors (Lipinski definition) is 8. The molecule has 0 saturated heterocycles. The minimum Gasteiger partial charge on any atom is -0.466 e. The maximum absolute atomic E-state index is 14.4. The Balaban J connectivity index is 2.61. The normalized spacial score (nSPS) is 14.4. The predicted octanol–water partition coefficient (Wildman–Crippen LogP) is -0.527. The first kappa shape index (κ1) is 22.6. The van der Waals surface area contributed by atoms with Crippen LogP contribution in [0.4, 0.5) is 15.8 Å². The molecule has 0 aromatic heterocycles. The number of methoxy groups -OCH3 is 1. The average molecular weight is 430 g/mol. The van der Waals surface area contributed by atoms with Crippen molar-refractivity contribution in [2.24, 2.45) is 0 Å². The van der Waals surface area contributed by atoms with E-state index in [2.05, 4.69) is 5.32 Å². The SMILES string of the molecule is CNS(=O)(=O)c1cc(NC2=C(C(=O)OC)CN(CCO)C2=O)c(N(C)C)cc1F. The minimum absolute atomic E-state index is 0.00610. The van der Waals surface area contributed by atoms with Crippen LogP contribution < -0.4 is 14.9 Å². The predicted molar refractivity (Wildman–Crippen MR) is 103 cm³/mol. The van der Waals surface area contributed by atoms with E-state index in [9.17, 15) is 22.4 Å². The lowest BCUT2D eigenvalue weighted by Gasteiger charge is -2.21. The number of hydrogen-bond donors (Lipinski definition) is 3. The molecule has 0 saturated carbocycles. The smallest absolute Gasteiger partial charge is 0.337 e. The van der Waals surface area contributed by atoms with E-state index < -0.39 is 32.6 Å². The largest absolute Gasteiger partial charge is 0.466 e. The number of ether oxygens (including phenoxy) is 1. The lowest BCUT2D eigenvalue weighted by molar-refractivity contribution is -0.136. The molecular formula is C17H23FN4O6S. The molecule has 12 heteroatoms. The molecule has 0 spiro atoms. The molecular weight excluding hydrogens is 407 g/mol. The van der Waals surface area contributed by atoms with Gasteiger partial charge in [0.15, 0.2) is 0 Å². The number of carbonyl (C=O) groups is 2. The molecule has 0 bridgehead atoms. The standard InChI is InChI=1S/C17H23FN4O6S/c1-19-29(26,27)14-8-12(13(21(2)3)7-11(14)18)20-15-10(17(25)28-4)9-22(5-6-23)16(15)24/h7-8,19-20,23H,5-6,9H2,1-4H3. The van der Waals surface area contributed by atoms with Crippen LogP contribution in [0.2, 0.25) is 0 Å². The van der Waals surface area contributed by atoms with Gasteiger partial charge in [-0.1, -0.05) is 0 Å². The Bertz CT molecular complexity index is 961. The van der Waals surface area contributed by atoms with Gasteiger partial charge in [0.05, 0.1) is 37.2 Å². The van der Waals surface area contributed by atoms with Crippen molar-refractivity contribution in [1.29, 1.82) is 0 Å². The van der Waals surface area contributed by atoms with Gasteiger partial charge in [-0.05, 0) is 13.1 Å². The molecule has 2 rings (SSSR count). The maximum atomic E-state index is 14.4. The van der Waals surface area contributed by atoms with Crippen molar-refractivity contribution in [1.82, 2.24) is 9.62 Å². The second-order valence-corrected chi connectivity index (χ2v) is 8.18. The molecule has 1 aromatic rings. The third kappa shape index (κ3) is 4.49. The summed E-state index contributed by atoms with van der Waals surface area (Å²) < 4.78 is 45.4. The number of β-amino-alcohol motifs (C(OH)–C–C–N with tert-alkyl or cyclic N) is 1. The Morgan fingerprint density at radius 1 is 1.38 bits per heavy atom. The number of nitrogens with one attached hydrogen (secondary N) is 2. The minimum atomic E-state index is -4.11. The molecule has 1 aliphatic heterocycles. The molecule has 0 aliphatic carbocycles. The fourth-order valence-corrected chi connectivity index (χ4v) is 3.62. The third-order valence-corrected chi connectivity index (χ3v) is 5.73. The highest BCUT2D eigenvalue weighted by Gasteiger charge is 2.35. The molecule has 1 aromatic carbocycles. The zero-order chi connectivity index (χ0) is 21.9. The molecule has 0 fully saturated rings. The van der Waals surface area contributed by atoms with E-state index in [0.29, 0.717) is 0 Å². The summed E-state index contributed by atoms with van der Waals surface area (Å²) in [6.45, 7) is -0.403. The topological polar surface area (TPSA) is 128 Å². The number of nitrogens with zero attached hydrogens (tertiary/aromatic N) is 2. The van der Waals surface area contributed by atoms with Crippen molar-refractivity contribution >= 4 is 33.3 Å². The molecule has 1 aliphatic rings. The van der Waals surface area contributed by atoms with Gasteiger partial charge in [0, 0.05) is 26.7 Å². The molecule has 0 radical (unpaired) electrons. The second-order valence-electron chi connectivity index (χ2n) is 6.32. The number of aliphatic hydroxyl groups is 1. The molecule has 3 N–H and O–H groups in total. The number of halogens is 1. The number of esters is 1. The fourth-order valence-electron chi connectivity index (χ4n) is 2.81. The van der Waals surface area contributed by atoms with Crippen LogP contribution in [0.15, 0.2) is 28.3 Å². The number of amides is 1. The molecule has 160 valence electrons. The molecule has 10 nitrogen and oxygen atoms in total. The number of sulfonamides is 1. The summed E-state index contributed by atoms with van der Waals surface area (Å²) in [6, 6.07) is 2.05. The summed E-state index contributed by atoms with van der Waals surface area (Å²) >= 11 is 0. The van der Waals surface area contributed by atoms with E-state index >= 15 is 0 Å². The number of benzene rings is 1. The summed E-state index contributed by atoms with van der Waals surface area (Å²) in [5, 5.41) is 11.9. The molecule has 0 unspecified atom stereocenters. The van der Waals surface area contributed by atoms with Crippen LogP contribution in [-0.4, -0.2) is 78.2 Å². The summed E-state index contributed by atoms with van der Waals surface area (Å²) in [6.07, 6.45) is 0. The van der Waals surface area contributed by atoms with Crippen molar-refractivity contribution < 1.29 is 32.2 Å². The zero-order valence-corrected chi connectivity index (χ0v) is 17.3. The maximum Gasteiger partial charge on any atom is 0.337 e. The zero-order valence-electron chi connectivity index (χ0n) is 16.4. The van der Waals surface area contributed by atoms with Crippen LogP contribution in [0.3, 0.4) is 0 Å². The Kier molecular flexibility index (Phi) is 6.82. The highest BCUT2D eigenvalue weighted by atomic mass is 32.2. The Morgan fingerprint density at radius 3 is 2.55 bits per heavy atom. The molecule has 1 heterocycles. The third-order valence-electron chi connectivity index (χ3n) is 4.30. The van der Waals surface area contributed by atoms with E-state index in [1.807, 2.05) is 4.72 Å². The summed E-state index contributed by atoms with van der Waals surface area (Å²) in [5.74, 6) is -2.31. The van der Waals surface area contributed by atoms with E-state index in [0.717, 1.165) is 26.3 Å². The average Bonchev–Trinajstić information content (AvgIpc) is 2.98. The number of rotatable bonds is 8. The highest BCUT2D eigenvalue weighted by Crippen LogP contribution is 2.33. The van der Waals surface area contributed by atoms with Crippen LogP contribution in [0.25, 0.3) is 0 Å². The highest BCUT2D eigenvalue weighted by molar-refractivity contribution is 7.89. The van der Waals surface area contributed by atoms with E-state index in [1.165, 1.54) is 9.80 Å². The van der Waals surface area contributed by atoms with Crippen molar-refractivity contribution in [3.8, 4) is 0 Å². The van der Waals surface area contributed by atoms with Crippen molar-refractivity contribution in [2.45, 2.75) is 4.90 Å². The van der Waals surface area contributed by atoms with Gasteiger partial charge in [-0.25, -0.2) is 22.3 Å². The summed E-state index contributed by atoms with van der Waals surface area (Å²) in [5.41, 5.74) is 0.231. The van der Waals surface area contributed by atoms with Gasteiger partial charge >= 0.3 is 5.97 Å². The van der Waals surface area contributed by atoms with Gasteiger partial charge < -0.3 is 25.0 Å². The van der Waals surface area contributed by atoms with Gasteiger partial charge in [0.1, 0.15) is 16.4 Å². The quantitative estimate of drug-likeness (QED) is 0.470. The van der Waals surface area contributed by atoms with Crippen LogP contribution in [-0.2, 0) is 24.3 Å². The van der Waals surface area contributed by atoms with Crippen molar-refractivity contribution in [2.75, 3.05) is 58.2 Å². The first-order valence-corrected chi connectivity index (χ1v) is 9.98. The van der Waals surface area contributed by atoms with Crippen molar-refractivity contribution in [3.63, 3.8) is 0 Å². The molecule has 29 heavy (non-hydrogen) atoms. The van der Waals surface area contributed by atoms with Crippen molar-refractivity contribution in [3.05, 3.63) is 29.2 Å². The number of anilines is 2. The van der Waals surface area contributed by atoms with E-state index in [-0.39, 0.29) is 42.3 Å². The lowest BCUT2D eigenvalue weighted by Crippen LogP contribution is -2.31. The Morgan fingerprint density at radius 2 is 2.03 bits per heavy atom. The van der Waals surface area contributed by atoms with Gasteiger partial charge in [0.2, 0.25) is 10.0 Å². The molecule has 1 amide bonds. The lowest BCUT2D eigenvalue weighted by atomic mass is 10.2. The van der Waals surface area contributed by atoms with Gasteiger partial charge in [-0.15, -0.1) is 0 Å². The van der Waals surface area contributed by atoms with Gasteiger partial charge in [-0.3, -0.25) is 4.79 Å². The number of aliphatic hydroxyl groups excluding tert-OH is 1. The summed E-state index contributed by atoms with van der Waals surface area (Å²) in [7, 11) is 1.41. The fraction of sp³-hybridized carbons (Fsp3) is 0.412. The Labute approximate surface area is 168 Å². The monoisotopic (exact) mass is 430 g/mol. The van der Waals surface area contributed by atoms with E-state index in [1.54, 1.807) is 14.1 Å².